The van der Waals surface area contributed by atoms with Gasteiger partial charge in [0.1, 0.15) is 59.6 Å². The number of piperidine rings is 1. The first-order chi connectivity index (χ1) is 56.7. The van der Waals surface area contributed by atoms with Gasteiger partial charge in [-0.15, -0.1) is 0 Å². The van der Waals surface area contributed by atoms with Gasteiger partial charge in [-0.1, -0.05) is 82.4 Å². The summed E-state index contributed by atoms with van der Waals surface area (Å²) < 4.78 is 65.6. The standard InChI is InChI=1S/C86H121N11O21/c1-52-15-10-9-11-16-53(2)70(108-7)47-63-24-19-57(6)86(107,118-63)79(103)82(104)96-29-13-12-17-66(96)83(105)115-71(48-67(98)54(3)42-56(5)77(101)78(102)76(100)55(4)41-52)64(87)44-58-21-25-69(72(45-58)109-8)117-85(106)90-28-32-111-34-36-113-38-40-114-39-37-112-35-33-110-31-14-18-73(99)95-30-27-60-43-59(20-22-62(60)50-95)49-97-81-74(80(88)91-51-92-81)75(94-97)61-23-26-68-65(46-61)93-84(89)116-68/h9-11,15-16,20,22-23,26,42-43,46,51-52,54-55,57-58,63-64,66,69-72,77-78,101-102,107H,12-14,17-19,21,24-25,27-41,44-45,47-50,87H2,1-8H3,(H2,89,93)(H,90,106)(H2,88,91,92)/b11-9+,15-10+,53-16+,56-42+/t52-,54-,55-,57-,58+,63+,64-,66+,69-,70+,71+,72-,77-,78+,86-/m1/s1. The lowest BCUT2D eigenvalue weighted by Gasteiger charge is -2.42. The summed E-state index contributed by atoms with van der Waals surface area (Å²) in [5, 5.41) is 42.9. The van der Waals surface area contributed by atoms with E-state index in [1.54, 1.807) is 33.9 Å². The number of cyclic esters (lactones) is 1. The molecule has 5 aliphatic rings. The number of benzene rings is 2. The van der Waals surface area contributed by atoms with Crippen molar-refractivity contribution in [2.75, 3.05) is 111 Å². The Morgan fingerprint density at radius 3 is 2.22 bits per heavy atom. The van der Waals surface area contributed by atoms with Gasteiger partial charge in [0, 0.05) is 95.6 Å². The molecule has 2 bridgehead atoms. The van der Waals surface area contributed by atoms with Gasteiger partial charge in [-0.25, -0.2) is 24.2 Å². The molecule has 0 radical (unpaired) electrons. The average molecular weight is 1640 g/mol. The molecule has 3 amide bonds. The summed E-state index contributed by atoms with van der Waals surface area (Å²) in [4.78, 5) is 114. The first-order valence-electron chi connectivity index (χ1n) is 41.5. The van der Waals surface area contributed by atoms with Crippen molar-refractivity contribution >= 4 is 75.2 Å². The van der Waals surface area contributed by atoms with Gasteiger partial charge in [0.25, 0.3) is 17.7 Å². The number of oxazole rings is 1. The van der Waals surface area contributed by atoms with Crippen LogP contribution in [0.4, 0.5) is 16.6 Å². The Labute approximate surface area is 689 Å². The lowest BCUT2D eigenvalue weighted by atomic mass is 9.80. The zero-order valence-electron chi connectivity index (χ0n) is 69.4. The second kappa shape index (κ2) is 44.5. The van der Waals surface area contributed by atoms with Crippen LogP contribution in [0.15, 0.2) is 94.7 Å². The first-order valence-corrected chi connectivity index (χ1v) is 41.5. The normalized spacial score (nSPS) is 28.1. The fourth-order valence-electron chi connectivity index (χ4n) is 16.2. The van der Waals surface area contributed by atoms with Crippen LogP contribution in [0.25, 0.3) is 33.4 Å². The number of ketones is 3. The number of nitrogen functional groups attached to an aromatic ring is 2. The number of nitrogens with one attached hydrogen (secondary N) is 1. The molecule has 3 aromatic heterocycles. The van der Waals surface area contributed by atoms with E-state index >= 15 is 0 Å². The maximum atomic E-state index is 14.7. The number of allylic oxidation sites excluding steroid dienone is 6. The molecule has 0 unspecified atom stereocenters. The second-order valence-corrected chi connectivity index (χ2v) is 31.9. The molecule has 1 aliphatic carbocycles. The maximum Gasteiger partial charge on any atom is 0.407 e. The number of alkyl carbamates (subject to hydrolysis) is 1. The molecule has 32 heteroatoms. The third-order valence-corrected chi connectivity index (χ3v) is 23.1. The third kappa shape index (κ3) is 24.9. The van der Waals surface area contributed by atoms with Crippen molar-refractivity contribution in [2.45, 2.75) is 212 Å². The number of anilines is 2. The molecule has 5 aromatic rings. The predicted molar refractivity (Wildman–Crippen MR) is 437 cm³/mol. The highest BCUT2D eigenvalue weighted by atomic mass is 16.6. The molecule has 2 aromatic carbocycles. The quantitative estimate of drug-likeness (QED) is 0.0110. The van der Waals surface area contributed by atoms with Crippen molar-refractivity contribution in [1.82, 2.24) is 39.8 Å². The number of esters is 1. The van der Waals surface area contributed by atoms with Crippen LogP contribution < -0.4 is 22.5 Å². The fourth-order valence-corrected chi connectivity index (χ4v) is 16.2. The molecule has 646 valence electrons. The third-order valence-electron chi connectivity index (χ3n) is 23.1. The number of nitrogens with two attached hydrogens (primary N) is 3. The van der Waals surface area contributed by atoms with Crippen LogP contribution in [-0.4, -0.2) is 252 Å². The molecule has 10 N–H and O–H groups in total. The summed E-state index contributed by atoms with van der Waals surface area (Å²) in [6.45, 7) is 15.4. The maximum absolute atomic E-state index is 14.7. The molecule has 4 aliphatic heterocycles. The number of fused-ring (bicyclic) bond motifs is 6. The highest BCUT2D eigenvalue weighted by Crippen LogP contribution is 2.39. The van der Waals surface area contributed by atoms with Crippen molar-refractivity contribution in [3.05, 3.63) is 107 Å². The van der Waals surface area contributed by atoms with Crippen molar-refractivity contribution < 1.29 is 101 Å². The number of nitrogens with zero attached hydrogens (tertiary/aromatic N) is 7. The molecular formula is C86H121N11O21. The predicted octanol–water partition coefficient (Wildman–Crippen LogP) is 7.56. The summed E-state index contributed by atoms with van der Waals surface area (Å²) >= 11 is 0. The molecule has 118 heavy (non-hydrogen) atoms. The summed E-state index contributed by atoms with van der Waals surface area (Å²) in [7, 11) is 3.06. The van der Waals surface area contributed by atoms with Gasteiger partial charge >= 0.3 is 12.1 Å². The molecule has 7 heterocycles. The molecule has 3 fully saturated rings. The molecule has 0 spiro atoms. The molecule has 10 rings (SSSR count). The van der Waals surface area contributed by atoms with Gasteiger partial charge in [-0.2, -0.15) is 10.1 Å². The minimum atomic E-state index is -2.51. The van der Waals surface area contributed by atoms with Crippen LogP contribution in [0.5, 0.6) is 0 Å². The number of rotatable bonds is 28. The van der Waals surface area contributed by atoms with Crippen LogP contribution >= 0.6 is 0 Å². The second-order valence-electron chi connectivity index (χ2n) is 31.9. The van der Waals surface area contributed by atoms with E-state index in [1.165, 1.54) is 32.0 Å². The number of aliphatic hydroxyl groups is 3. The molecule has 15 atom stereocenters. The number of carbonyl (C=O) groups is 7. The van der Waals surface area contributed by atoms with Gasteiger partial charge in [-0.3, -0.25) is 24.0 Å². The van der Waals surface area contributed by atoms with E-state index < -0.39 is 120 Å². The Morgan fingerprint density at radius 2 is 1.49 bits per heavy atom. The van der Waals surface area contributed by atoms with E-state index in [0.717, 1.165) is 33.6 Å². The van der Waals surface area contributed by atoms with E-state index in [0.29, 0.717) is 170 Å². The number of hydrogen-bond donors (Lipinski definition) is 7. The van der Waals surface area contributed by atoms with E-state index in [9.17, 15) is 48.9 Å². The molecule has 1 saturated carbocycles. The summed E-state index contributed by atoms with van der Waals surface area (Å²) in [6, 6.07) is 9.67. The number of methoxy groups -OCH3 is 2. The molecule has 2 saturated heterocycles. The highest BCUT2D eigenvalue weighted by molar-refractivity contribution is 6.39. The average Bonchev–Trinajstić information content (AvgIpc) is 1.70. The monoisotopic (exact) mass is 1640 g/mol. The van der Waals surface area contributed by atoms with Gasteiger partial charge in [0.2, 0.25) is 11.7 Å². The Bertz CT molecular complexity index is 4330. The van der Waals surface area contributed by atoms with Gasteiger partial charge < -0.3 is 99.4 Å². The van der Waals surface area contributed by atoms with Crippen LogP contribution in [0, 0.1) is 29.6 Å². The van der Waals surface area contributed by atoms with Crippen LogP contribution in [0.2, 0.25) is 0 Å². The largest absolute Gasteiger partial charge is 0.459 e. The topological polar surface area (TPSA) is 439 Å². The summed E-state index contributed by atoms with van der Waals surface area (Å²) in [5.41, 5.74) is 26.7. The van der Waals surface area contributed by atoms with Gasteiger partial charge in [0.05, 0.1) is 89.7 Å². The number of aromatic nitrogens is 5. The van der Waals surface area contributed by atoms with Gasteiger partial charge in [-0.05, 0) is 149 Å². The highest BCUT2D eigenvalue weighted by Gasteiger charge is 2.53. The van der Waals surface area contributed by atoms with Crippen LogP contribution in [0.1, 0.15) is 148 Å². The zero-order chi connectivity index (χ0) is 84.6. The zero-order valence-corrected chi connectivity index (χ0v) is 69.4. The number of amides is 3. The minimum Gasteiger partial charge on any atom is -0.459 e. The van der Waals surface area contributed by atoms with Gasteiger partial charge in [0.15, 0.2) is 17.0 Å². The SMILES string of the molecule is CO[C@H]1C[C@@H]2CC[C@@H](C)[C@@](O)(O2)C(=O)C(=O)N2CCCC[C@H]2C(=O)O[C@H]([C@H](N)C[C@@H]2CC[C@@H](OC(=O)NCCOCCOCCOCCOCCOCCCC(=O)N3CCc4cc(Cn5nc(-c6ccc7oc(N)nc7c6)c6c(N)ncnc65)ccc4C3)[C@H](OC)C2)CC(=O)[C@H](C)/C=C(\C)[C@@H](O)[C@@H](O)C(=O)[C@H](C)C[C@H](C)/C=C/C=C/C=C/1C. The number of hydrogen-bond acceptors (Lipinski definition) is 28. The summed E-state index contributed by atoms with van der Waals surface area (Å²) in [5.74, 6) is -8.89. The van der Waals surface area contributed by atoms with E-state index in [-0.39, 0.29) is 74.9 Å². The Hall–Kier alpha value is -8.77. The number of aliphatic hydroxyl groups excluding tert-OH is 2. The molecular weight excluding hydrogens is 1520 g/mol. The van der Waals surface area contributed by atoms with Crippen molar-refractivity contribution in [3.8, 4) is 11.3 Å². The number of carbonyl (C=O) groups excluding carboxylic acids is 7. The van der Waals surface area contributed by atoms with Crippen molar-refractivity contribution in [3.63, 3.8) is 0 Å². The fraction of sp³-hybridized carbons (Fsp3) is 0.616. The van der Waals surface area contributed by atoms with E-state index in [4.69, 9.17) is 74.1 Å². The Balaban J connectivity index is 0.598. The smallest absolute Gasteiger partial charge is 0.407 e. The minimum absolute atomic E-state index is 0.00208. The summed E-state index contributed by atoms with van der Waals surface area (Å²) in [6.07, 6.45) is 9.91. The number of Topliss-reactive ketones (excluding diaryl/α,β-unsaturated/α-hetero) is 3. The van der Waals surface area contributed by atoms with Crippen LogP contribution in [-0.2, 0) is 95.6 Å². The first kappa shape index (κ1) is 91.5. The van der Waals surface area contributed by atoms with E-state index in [2.05, 4.69) is 38.5 Å². The van der Waals surface area contributed by atoms with Crippen molar-refractivity contribution in [2.24, 2.45) is 35.3 Å². The van der Waals surface area contributed by atoms with Crippen molar-refractivity contribution in [1.29, 1.82) is 0 Å². The number of ether oxygens (including phenoxy) is 10. The molecule has 32 nitrogen and oxygen atoms in total. The Kier molecular flexibility index (Phi) is 34.5. The lowest BCUT2D eigenvalue weighted by molar-refractivity contribution is -0.265. The van der Waals surface area contributed by atoms with E-state index in [1.807, 2.05) is 65.9 Å². The lowest BCUT2D eigenvalue weighted by Crippen LogP contribution is -2.61. The van der Waals surface area contributed by atoms with Crippen LogP contribution in [0.3, 0.4) is 0 Å². The Morgan fingerprint density at radius 1 is 0.763 bits per heavy atom.